The summed E-state index contributed by atoms with van der Waals surface area (Å²) in [6.07, 6.45) is 1.69. The number of nitrogens with one attached hydrogen (secondary N) is 1. The molecule has 3 aromatic rings. The van der Waals surface area contributed by atoms with E-state index in [1.165, 1.54) is 0 Å². The second-order valence-electron chi connectivity index (χ2n) is 3.26. The second-order valence-corrected chi connectivity index (χ2v) is 5.20. The lowest BCUT2D eigenvalue weighted by molar-refractivity contribution is 0.427. The first-order valence-corrected chi connectivity index (χ1v) is 6.76. The standard InChI is InChI=1S/C10H8N4OS2/c1-2-9(16-3-1)8-4-7(13-15-8)6-17-10-5-11-14-12-10/h1-5H,6H2,(H,11,12,14). The minimum absolute atomic E-state index is 0.724. The molecule has 0 amide bonds. The molecule has 17 heavy (non-hydrogen) atoms. The lowest BCUT2D eigenvalue weighted by Crippen LogP contribution is -1.79. The highest BCUT2D eigenvalue weighted by Gasteiger charge is 2.08. The molecule has 5 nitrogen and oxygen atoms in total. The maximum absolute atomic E-state index is 5.28. The van der Waals surface area contributed by atoms with E-state index in [0.29, 0.717) is 0 Å². The summed E-state index contributed by atoms with van der Waals surface area (Å²) >= 11 is 3.20. The van der Waals surface area contributed by atoms with Gasteiger partial charge < -0.3 is 4.52 Å². The summed E-state index contributed by atoms with van der Waals surface area (Å²) in [6.45, 7) is 0. The van der Waals surface area contributed by atoms with Gasteiger partial charge in [-0.2, -0.15) is 10.3 Å². The van der Waals surface area contributed by atoms with Crippen molar-refractivity contribution in [2.45, 2.75) is 10.8 Å². The van der Waals surface area contributed by atoms with E-state index in [9.17, 15) is 0 Å². The zero-order valence-corrected chi connectivity index (χ0v) is 10.3. The van der Waals surface area contributed by atoms with Gasteiger partial charge in [0.15, 0.2) is 5.76 Å². The summed E-state index contributed by atoms with van der Waals surface area (Å²) in [5, 5.41) is 17.2. The van der Waals surface area contributed by atoms with Gasteiger partial charge in [0.1, 0.15) is 5.03 Å². The van der Waals surface area contributed by atoms with E-state index in [1.807, 2.05) is 23.6 Å². The Labute approximate surface area is 105 Å². The Morgan fingerprint density at radius 1 is 1.47 bits per heavy atom. The fourth-order valence-corrected chi connectivity index (χ4v) is 2.66. The molecule has 86 valence electrons. The smallest absolute Gasteiger partial charge is 0.177 e. The van der Waals surface area contributed by atoms with Crippen molar-refractivity contribution in [2.75, 3.05) is 0 Å². The number of hydrogen-bond acceptors (Lipinski definition) is 6. The van der Waals surface area contributed by atoms with Crippen LogP contribution >= 0.6 is 23.1 Å². The molecule has 3 heterocycles. The number of aromatic amines is 1. The third kappa shape index (κ3) is 2.40. The van der Waals surface area contributed by atoms with Crippen molar-refractivity contribution in [1.29, 1.82) is 0 Å². The molecular weight excluding hydrogens is 256 g/mol. The number of nitrogens with zero attached hydrogens (tertiary/aromatic N) is 3. The zero-order chi connectivity index (χ0) is 11.5. The van der Waals surface area contributed by atoms with Crippen molar-refractivity contribution in [3.05, 3.63) is 35.5 Å². The molecule has 0 radical (unpaired) electrons. The average Bonchev–Trinajstić information content (AvgIpc) is 3.09. The van der Waals surface area contributed by atoms with E-state index in [1.54, 1.807) is 29.3 Å². The monoisotopic (exact) mass is 264 g/mol. The fraction of sp³-hybridized carbons (Fsp3) is 0.100. The Morgan fingerprint density at radius 3 is 3.24 bits per heavy atom. The van der Waals surface area contributed by atoms with E-state index < -0.39 is 0 Å². The number of H-pyrrole nitrogens is 1. The predicted molar refractivity (Wildman–Crippen MR) is 65.8 cm³/mol. The van der Waals surface area contributed by atoms with Crippen molar-refractivity contribution in [3.63, 3.8) is 0 Å². The van der Waals surface area contributed by atoms with Gasteiger partial charge in [-0.15, -0.1) is 16.4 Å². The highest BCUT2D eigenvalue weighted by molar-refractivity contribution is 7.98. The molecule has 0 saturated carbocycles. The SMILES string of the molecule is c1csc(-c2cc(CSc3cn[nH]n3)no2)c1. The molecule has 0 saturated heterocycles. The normalized spacial score (nSPS) is 10.8. The van der Waals surface area contributed by atoms with Gasteiger partial charge in [-0.25, -0.2) is 0 Å². The van der Waals surface area contributed by atoms with Gasteiger partial charge >= 0.3 is 0 Å². The molecule has 1 N–H and O–H groups in total. The molecule has 0 spiro atoms. The predicted octanol–water partition coefficient (Wildman–Crippen LogP) is 2.81. The third-order valence-electron chi connectivity index (χ3n) is 2.08. The number of rotatable bonds is 4. The Bertz CT molecular complexity index is 573. The Morgan fingerprint density at radius 2 is 2.47 bits per heavy atom. The van der Waals surface area contributed by atoms with Crippen LogP contribution in [0, 0.1) is 0 Å². The minimum atomic E-state index is 0.724. The van der Waals surface area contributed by atoms with Crippen LogP contribution in [0.25, 0.3) is 10.6 Å². The van der Waals surface area contributed by atoms with Crippen LogP contribution < -0.4 is 0 Å². The largest absolute Gasteiger partial charge is 0.355 e. The molecular formula is C10H8N4OS2. The first kappa shape index (κ1) is 10.5. The van der Waals surface area contributed by atoms with Crippen LogP contribution in [0.4, 0.5) is 0 Å². The number of hydrogen-bond donors (Lipinski definition) is 1. The van der Waals surface area contributed by atoms with Crippen LogP contribution in [-0.2, 0) is 5.75 Å². The lowest BCUT2D eigenvalue weighted by atomic mass is 10.3. The second kappa shape index (κ2) is 4.72. The summed E-state index contributed by atoms with van der Waals surface area (Å²) < 4.78 is 5.28. The Balaban J connectivity index is 1.69. The Kier molecular flexibility index (Phi) is 2.93. The number of aromatic nitrogens is 4. The van der Waals surface area contributed by atoms with Crippen molar-refractivity contribution >= 4 is 23.1 Å². The van der Waals surface area contributed by atoms with Gasteiger partial charge in [0.25, 0.3) is 0 Å². The summed E-state index contributed by atoms with van der Waals surface area (Å²) in [7, 11) is 0. The topological polar surface area (TPSA) is 67.6 Å². The van der Waals surface area contributed by atoms with Crippen LogP contribution in [0.3, 0.4) is 0 Å². The van der Waals surface area contributed by atoms with E-state index in [0.717, 1.165) is 27.1 Å². The lowest BCUT2D eigenvalue weighted by Gasteiger charge is -1.89. The molecule has 0 unspecified atom stereocenters. The van der Waals surface area contributed by atoms with Crippen molar-refractivity contribution in [3.8, 4) is 10.6 Å². The van der Waals surface area contributed by atoms with Crippen LogP contribution in [0.5, 0.6) is 0 Å². The van der Waals surface area contributed by atoms with Crippen LogP contribution in [0.1, 0.15) is 5.69 Å². The van der Waals surface area contributed by atoms with Crippen LogP contribution in [0.2, 0.25) is 0 Å². The van der Waals surface area contributed by atoms with Gasteiger partial charge in [-0.3, -0.25) is 0 Å². The number of thiophene rings is 1. The number of thioether (sulfide) groups is 1. The van der Waals surface area contributed by atoms with Crippen LogP contribution in [0.15, 0.2) is 39.3 Å². The summed E-state index contributed by atoms with van der Waals surface area (Å²) in [6, 6.07) is 5.96. The molecule has 7 heteroatoms. The molecule has 3 rings (SSSR count). The molecule has 0 aliphatic rings. The van der Waals surface area contributed by atoms with Gasteiger partial charge in [0.2, 0.25) is 0 Å². The van der Waals surface area contributed by atoms with Crippen molar-refractivity contribution in [1.82, 2.24) is 20.6 Å². The van der Waals surface area contributed by atoms with Crippen molar-refractivity contribution < 1.29 is 4.52 Å². The van der Waals surface area contributed by atoms with Gasteiger partial charge in [-0.1, -0.05) is 23.0 Å². The van der Waals surface area contributed by atoms with Gasteiger partial charge in [-0.05, 0) is 11.4 Å². The van der Waals surface area contributed by atoms with Crippen molar-refractivity contribution in [2.24, 2.45) is 0 Å². The minimum Gasteiger partial charge on any atom is -0.355 e. The molecule has 0 aliphatic carbocycles. The van der Waals surface area contributed by atoms with E-state index >= 15 is 0 Å². The molecule has 0 bridgehead atoms. The first-order chi connectivity index (χ1) is 8.42. The maximum atomic E-state index is 5.28. The first-order valence-electron chi connectivity index (χ1n) is 4.90. The fourth-order valence-electron chi connectivity index (χ4n) is 1.32. The molecule has 0 atom stereocenters. The maximum Gasteiger partial charge on any atom is 0.177 e. The molecule has 0 aliphatic heterocycles. The van der Waals surface area contributed by atoms with Crippen LogP contribution in [-0.4, -0.2) is 20.6 Å². The highest BCUT2D eigenvalue weighted by atomic mass is 32.2. The van der Waals surface area contributed by atoms with Gasteiger partial charge in [0, 0.05) is 11.8 Å². The zero-order valence-electron chi connectivity index (χ0n) is 8.66. The molecule has 0 aromatic carbocycles. The molecule has 3 aromatic heterocycles. The average molecular weight is 264 g/mol. The third-order valence-corrected chi connectivity index (χ3v) is 3.90. The Hall–Kier alpha value is -1.60. The quantitative estimate of drug-likeness (QED) is 0.734. The summed E-state index contributed by atoms with van der Waals surface area (Å²) in [5.74, 6) is 1.54. The summed E-state index contributed by atoms with van der Waals surface area (Å²) in [5.41, 5.74) is 0.904. The van der Waals surface area contributed by atoms with E-state index in [-0.39, 0.29) is 0 Å². The van der Waals surface area contributed by atoms with E-state index in [2.05, 4.69) is 20.6 Å². The van der Waals surface area contributed by atoms with E-state index in [4.69, 9.17) is 4.52 Å². The molecule has 0 fully saturated rings. The highest BCUT2D eigenvalue weighted by Crippen LogP contribution is 2.27. The summed E-state index contributed by atoms with van der Waals surface area (Å²) in [4.78, 5) is 1.09. The van der Waals surface area contributed by atoms with Gasteiger partial charge in [0.05, 0.1) is 16.8 Å².